The van der Waals surface area contributed by atoms with Crippen LogP contribution in [-0.4, -0.2) is 41.6 Å². The van der Waals surface area contributed by atoms with Gasteiger partial charge in [-0.25, -0.2) is 0 Å². The van der Waals surface area contributed by atoms with Crippen LogP contribution in [0.3, 0.4) is 0 Å². The summed E-state index contributed by atoms with van der Waals surface area (Å²) in [5.41, 5.74) is 5.47. The van der Waals surface area contributed by atoms with Gasteiger partial charge in [-0.15, -0.1) is 0 Å². The molecule has 0 saturated carbocycles. The number of methoxy groups -OCH3 is 1. The second-order valence-corrected chi connectivity index (χ2v) is 26.0. The van der Waals surface area contributed by atoms with Gasteiger partial charge in [-0.1, -0.05) is 106 Å². The normalized spacial score (nSPS) is 22.0. The summed E-state index contributed by atoms with van der Waals surface area (Å²) in [6.45, 7) is 24.9. The van der Waals surface area contributed by atoms with Crippen LogP contribution in [0.15, 0.2) is 66.4 Å². The number of rotatable bonds is 4. The molecule has 0 saturated heterocycles. The Hall–Kier alpha value is -2.58. The van der Waals surface area contributed by atoms with Crippen LogP contribution in [-0.2, 0) is 21.1 Å². The number of aliphatic hydroxyl groups excluding tert-OH is 1. The predicted octanol–water partition coefficient (Wildman–Crippen LogP) is 7.66. The summed E-state index contributed by atoms with van der Waals surface area (Å²) in [5, 5.41) is 19.8. The smallest absolute Gasteiger partial charge is 0.221 e. The minimum absolute atomic E-state index is 0.0206. The van der Waals surface area contributed by atoms with E-state index in [9.17, 15) is 5.11 Å². The van der Waals surface area contributed by atoms with Gasteiger partial charge in [0.05, 0.1) is 45.7 Å². The quantitative estimate of drug-likeness (QED) is 0.144. The Morgan fingerprint density at radius 3 is 2.20 bits per heavy atom. The fourth-order valence-corrected chi connectivity index (χ4v) is 19.4. The van der Waals surface area contributed by atoms with Gasteiger partial charge in [-0.2, -0.15) is 4.57 Å². The highest BCUT2D eigenvalue weighted by Gasteiger charge is 2.59. The van der Waals surface area contributed by atoms with Crippen molar-refractivity contribution < 1.29 is 14.4 Å². The summed E-state index contributed by atoms with van der Waals surface area (Å²) in [4.78, 5) is 0. The highest BCUT2D eigenvalue weighted by molar-refractivity contribution is 7.04. The molecular weight excluding hydrogens is 571 g/mol. The lowest BCUT2D eigenvalue weighted by molar-refractivity contribution is -0.753. The summed E-state index contributed by atoms with van der Waals surface area (Å²) in [7, 11) is -1.42. The molecule has 2 aliphatic heterocycles. The molecule has 1 aromatic heterocycles. The van der Waals surface area contributed by atoms with Crippen molar-refractivity contribution in [2.24, 2.45) is 0 Å². The van der Waals surface area contributed by atoms with E-state index in [4.69, 9.17) is 4.74 Å². The van der Waals surface area contributed by atoms with Crippen molar-refractivity contribution >= 4 is 48.1 Å². The van der Waals surface area contributed by atoms with E-state index in [-0.39, 0.29) is 17.4 Å². The molecule has 1 unspecified atom stereocenters. The molecule has 3 aromatic carbocycles. The summed E-state index contributed by atoms with van der Waals surface area (Å²) in [6.07, 6.45) is 4.47. The van der Waals surface area contributed by atoms with Crippen molar-refractivity contribution in [3.63, 3.8) is 0 Å². The van der Waals surface area contributed by atoms with Gasteiger partial charge in [0.2, 0.25) is 5.69 Å². The van der Waals surface area contributed by atoms with Crippen molar-refractivity contribution in [3.05, 3.63) is 77.5 Å². The molecule has 0 aliphatic carbocycles. The van der Waals surface area contributed by atoms with Crippen molar-refractivity contribution in [3.8, 4) is 11.3 Å². The second kappa shape index (κ2) is 10.2. The molecule has 0 bridgehead atoms. The first-order valence-electron chi connectivity index (χ1n) is 16.4. The molecule has 6 rings (SSSR count). The molecule has 3 heterocycles. The Bertz CT molecular complexity index is 1840. The SMILES string of the molecule is COC/C=C(\CO)C1(C)[n+]2ccc3c4c(ccc3c2-c2cc(C(C)(C)C)c3ccccc3c2C1(C)C)[Si](C)(C)CC[Si]4(C)C. The van der Waals surface area contributed by atoms with Gasteiger partial charge in [0.25, 0.3) is 0 Å². The summed E-state index contributed by atoms with van der Waals surface area (Å²) >= 11 is 0. The number of ether oxygens (including phenoxy) is 1. The van der Waals surface area contributed by atoms with E-state index in [0.717, 1.165) is 5.57 Å². The van der Waals surface area contributed by atoms with Crippen molar-refractivity contribution in [2.45, 2.75) is 96.2 Å². The molecule has 2 aliphatic rings. The van der Waals surface area contributed by atoms with Crippen molar-refractivity contribution in [1.29, 1.82) is 0 Å². The zero-order valence-electron chi connectivity index (χ0n) is 28.9. The van der Waals surface area contributed by atoms with Gasteiger partial charge >= 0.3 is 0 Å². The Balaban J connectivity index is 1.86. The molecule has 1 N–H and O–H groups in total. The van der Waals surface area contributed by atoms with E-state index >= 15 is 0 Å². The molecular formula is C39H52NO2Si2+. The molecule has 0 spiro atoms. The summed E-state index contributed by atoms with van der Waals surface area (Å²) in [5.74, 6) is 0. The number of benzene rings is 3. The maximum atomic E-state index is 11.0. The largest absolute Gasteiger partial charge is 0.392 e. The third-order valence-electron chi connectivity index (χ3n) is 11.6. The first-order chi connectivity index (χ1) is 20.5. The minimum Gasteiger partial charge on any atom is -0.392 e. The van der Waals surface area contributed by atoms with Crippen LogP contribution in [0.1, 0.15) is 52.7 Å². The Morgan fingerprint density at radius 1 is 0.909 bits per heavy atom. The van der Waals surface area contributed by atoms with Gasteiger partial charge < -0.3 is 9.84 Å². The molecule has 1 atom stereocenters. The van der Waals surface area contributed by atoms with E-state index in [2.05, 4.69) is 133 Å². The van der Waals surface area contributed by atoms with Crippen LogP contribution in [0, 0.1) is 0 Å². The fourth-order valence-electron chi connectivity index (χ4n) is 8.74. The topological polar surface area (TPSA) is 33.3 Å². The molecule has 44 heavy (non-hydrogen) atoms. The summed E-state index contributed by atoms with van der Waals surface area (Å²) < 4.78 is 8.06. The van der Waals surface area contributed by atoms with Gasteiger partial charge in [0, 0.05) is 25.7 Å². The lowest BCUT2D eigenvalue weighted by Gasteiger charge is -2.47. The van der Waals surface area contributed by atoms with E-state index < -0.39 is 21.7 Å². The van der Waals surface area contributed by atoms with Gasteiger partial charge in [0.15, 0.2) is 11.7 Å². The van der Waals surface area contributed by atoms with E-state index in [0.29, 0.717) is 6.61 Å². The predicted molar refractivity (Wildman–Crippen MR) is 193 cm³/mol. The van der Waals surface area contributed by atoms with E-state index in [1.807, 2.05) is 0 Å². The van der Waals surface area contributed by atoms with Gasteiger partial charge in [0.1, 0.15) is 0 Å². The van der Waals surface area contributed by atoms with Crippen LogP contribution in [0.2, 0.25) is 38.3 Å². The van der Waals surface area contributed by atoms with Crippen LogP contribution in [0.4, 0.5) is 0 Å². The highest BCUT2D eigenvalue weighted by atomic mass is 28.3. The molecule has 0 radical (unpaired) electrons. The first kappa shape index (κ1) is 31.4. The van der Waals surface area contributed by atoms with Crippen LogP contribution in [0.25, 0.3) is 32.8 Å². The lowest BCUT2D eigenvalue weighted by Crippen LogP contribution is -2.69. The number of aromatic nitrogens is 1. The fraction of sp³-hybridized carbons (Fsp3) is 0.462. The molecule has 5 heteroatoms. The number of hydrogen-bond donors (Lipinski definition) is 1. The van der Waals surface area contributed by atoms with Crippen LogP contribution in [0.5, 0.6) is 0 Å². The lowest BCUT2D eigenvalue weighted by atomic mass is 9.59. The van der Waals surface area contributed by atoms with Gasteiger partial charge in [-0.3, -0.25) is 0 Å². The van der Waals surface area contributed by atoms with Crippen LogP contribution < -0.4 is 14.9 Å². The van der Waals surface area contributed by atoms with Crippen molar-refractivity contribution in [1.82, 2.24) is 0 Å². The average Bonchev–Trinajstić information content (AvgIpc) is 2.96. The molecule has 232 valence electrons. The number of nitrogens with zero attached hydrogens (tertiary/aromatic N) is 1. The third-order valence-corrected chi connectivity index (χ3v) is 19.2. The molecule has 4 aromatic rings. The number of fused-ring (bicyclic) bond motifs is 9. The Morgan fingerprint density at radius 2 is 1.57 bits per heavy atom. The van der Waals surface area contributed by atoms with Crippen LogP contribution >= 0.6 is 0 Å². The minimum atomic E-state index is -1.64. The second-order valence-electron chi connectivity index (χ2n) is 16.4. The van der Waals surface area contributed by atoms with E-state index in [1.54, 1.807) is 17.5 Å². The Kier molecular flexibility index (Phi) is 7.29. The molecule has 0 amide bonds. The highest BCUT2D eigenvalue weighted by Crippen LogP contribution is 2.54. The van der Waals surface area contributed by atoms with Crippen molar-refractivity contribution in [2.75, 3.05) is 20.3 Å². The zero-order chi connectivity index (χ0) is 32.0. The van der Waals surface area contributed by atoms with Gasteiger partial charge in [-0.05, 0) is 58.7 Å². The maximum Gasteiger partial charge on any atom is 0.221 e. The maximum absolute atomic E-state index is 11.0. The number of hydrogen-bond acceptors (Lipinski definition) is 2. The van der Waals surface area contributed by atoms with E-state index in [1.165, 1.54) is 56.0 Å². The Labute approximate surface area is 267 Å². The average molecular weight is 623 g/mol. The standard InChI is InChI=1S/C39H52NO2Si2/c1-37(2,3)32-24-31-34(28-15-13-12-14-27(28)32)38(4,5)39(6,26(25-41)19-21-42-7)40-20-18-30-29(35(31)40)16-17-33-36(30)44(10,11)23-22-43(33,8)9/h12-20,24,41H,21-23,25H2,1-11H3/q+1/b26-19+. The first-order valence-corrected chi connectivity index (χ1v) is 22.8. The zero-order valence-corrected chi connectivity index (χ0v) is 30.9. The third kappa shape index (κ3) is 4.29. The molecule has 0 fully saturated rings. The summed E-state index contributed by atoms with van der Waals surface area (Å²) in [6, 6.07) is 21.7. The molecule has 3 nitrogen and oxygen atoms in total. The number of aliphatic hydroxyl groups is 1. The monoisotopic (exact) mass is 622 g/mol. The number of pyridine rings is 1.